The van der Waals surface area contributed by atoms with Crippen LogP contribution in [0.15, 0.2) is 0 Å². The van der Waals surface area contributed by atoms with E-state index in [1.165, 1.54) is 0 Å². The van der Waals surface area contributed by atoms with Crippen molar-refractivity contribution in [2.75, 3.05) is 19.8 Å². The molecule has 1 saturated heterocycles. The molecule has 4 nitrogen and oxygen atoms in total. The molecule has 1 aliphatic rings. The monoisotopic (exact) mass is 243 g/mol. The molecule has 1 rings (SSSR count). The average Bonchev–Trinajstić information content (AvgIpc) is 2.65. The van der Waals surface area contributed by atoms with E-state index in [9.17, 15) is 4.79 Å². The second kappa shape index (κ2) is 7.03. The van der Waals surface area contributed by atoms with Crippen molar-refractivity contribution in [2.45, 2.75) is 45.2 Å². The van der Waals surface area contributed by atoms with Crippen molar-refractivity contribution < 1.29 is 14.3 Å². The third-order valence-electron chi connectivity index (χ3n) is 2.59. The summed E-state index contributed by atoms with van der Waals surface area (Å²) >= 11 is 0. The van der Waals surface area contributed by atoms with E-state index in [-0.39, 0.29) is 17.5 Å². The molecule has 92 valence electrons. The molecule has 1 amide bonds. The number of ether oxygens (including phenoxy) is 2. The molecule has 1 aliphatic heterocycles. The minimum absolute atomic E-state index is 0.154. The van der Waals surface area contributed by atoms with Crippen molar-refractivity contribution in [3.8, 4) is 0 Å². The highest BCUT2D eigenvalue weighted by atomic mass is 28.2. The average molecular weight is 243 g/mol. The van der Waals surface area contributed by atoms with Gasteiger partial charge in [-0.25, -0.2) is 0 Å². The molecule has 0 aliphatic carbocycles. The highest BCUT2D eigenvalue weighted by Gasteiger charge is 2.27. The van der Waals surface area contributed by atoms with Crippen LogP contribution in [0.2, 0.25) is 0 Å². The Kier molecular flexibility index (Phi) is 6.01. The molecule has 1 heterocycles. The van der Waals surface area contributed by atoms with Crippen molar-refractivity contribution in [1.82, 2.24) is 4.90 Å². The van der Waals surface area contributed by atoms with Crippen LogP contribution in [0.4, 0.5) is 0 Å². The van der Waals surface area contributed by atoms with Crippen LogP contribution in [0, 0.1) is 0 Å². The number of nitrogens with zero attached hydrogens (tertiary/aromatic N) is 1. The van der Waals surface area contributed by atoms with E-state index in [1.54, 1.807) is 0 Å². The Bertz CT molecular complexity index is 219. The predicted octanol–water partition coefficient (Wildman–Crippen LogP) is 1.02. The lowest BCUT2D eigenvalue weighted by molar-refractivity contribution is -0.128. The Labute approximate surface area is 100 Å². The molecule has 1 unspecified atom stereocenters. The van der Waals surface area contributed by atoms with Gasteiger partial charge in [0, 0.05) is 31.8 Å². The van der Waals surface area contributed by atoms with Gasteiger partial charge < -0.3 is 14.4 Å². The van der Waals surface area contributed by atoms with E-state index < -0.39 is 0 Å². The second-order valence-electron chi connectivity index (χ2n) is 3.78. The van der Waals surface area contributed by atoms with E-state index in [0.717, 1.165) is 13.0 Å². The molecule has 1 atom stereocenters. The largest absolute Gasteiger partial charge is 0.357 e. The van der Waals surface area contributed by atoms with Crippen molar-refractivity contribution in [3.63, 3.8) is 0 Å². The molecule has 0 N–H and O–H groups in total. The maximum atomic E-state index is 11.6. The van der Waals surface area contributed by atoms with Crippen LogP contribution >= 0.6 is 0 Å². The van der Waals surface area contributed by atoms with E-state index in [4.69, 9.17) is 9.47 Å². The van der Waals surface area contributed by atoms with Crippen molar-refractivity contribution in [3.05, 3.63) is 0 Å². The second-order valence-corrected chi connectivity index (χ2v) is 5.42. The van der Waals surface area contributed by atoms with Gasteiger partial charge in [0.05, 0.1) is 0 Å². The van der Waals surface area contributed by atoms with Crippen LogP contribution in [-0.2, 0) is 14.3 Å². The Hall–Kier alpha value is -0.393. The number of likely N-dealkylation sites (tertiary alicyclic amines) is 1. The summed E-state index contributed by atoms with van der Waals surface area (Å²) < 4.78 is 11.0. The fourth-order valence-electron chi connectivity index (χ4n) is 1.81. The van der Waals surface area contributed by atoms with E-state index >= 15 is 0 Å². The smallest absolute Gasteiger partial charge is 0.222 e. The molecule has 0 aromatic carbocycles. The van der Waals surface area contributed by atoms with Gasteiger partial charge in [0.1, 0.15) is 15.4 Å². The molecular formula is C11H21NO3Si. The van der Waals surface area contributed by atoms with Crippen LogP contribution in [0.3, 0.4) is 0 Å². The maximum absolute atomic E-state index is 11.6. The molecule has 0 bridgehead atoms. The third-order valence-corrected chi connectivity index (χ3v) is 3.99. The van der Waals surface area contributed by atoms with Crippen LogP contribution in [-0.4, -0.2) is 51.7 Å². The normalized spacial score (nSPS) is 18.5. The quantitative estimate of drug-likeness (QED) is 0.495. The lowest BCUT2D eigenvalue weighted by atomic mass is 10.4. The van der Waals surface area contributed by atoms with Gasteiger partial charge >= 0.3 is 0 Å². The zero-order chi connectivity index (χ0) is 12.0. The van der Waals surface area contributed by atoms with Gasteiger partial charge in [0.2, 0.25) is 5.91 Å². The lowest BCUT2D eigenvalue weighted by Gasteiger charge is -2.27. The van der Waals surface area contributed by atoms with Gasteiger partial charge in [0.15, 0.2) is 0 Å². The summed E-state index contributed by atoms with van der Waals surface area (Å²) in [6.45, 7) is 8.19. The van der Waals surface area contributed by atoms with Gasteiger partial charge in [-0.2, -0.15) is 0 Å². The van der Waals surface area contributed by atoms with Gasteiger partial charge in [-0.1, -0.05) is 0 Å². The Balaban J connectivity index is 2.40. The number of hydrogen-bond acceptors (Lipinski definition) is 3. The number of hydrogen-bond donors (Lipinski definition) is 0. The van der Waals surface area contributed by atoms with Crippen LogP contribution in [0.5, 0.6) is 0 Å². The highest BCUT2D eigenvalue weighted by molar-refractivity contribution is 6.39. The molecule has 16 heavy (non-hydrogen) atoms. The van der Waals surface area contributed by atoms with E-state index in [1.807, 2.05) is 18.7 Å². The summed E-state index contributed by atoms with van der Waals surface area (Å²) in [6.07, 6.45) is 1.68. The first-order chi connectivity index (χ1) is 7.69. The first kappa shape index (κ1) is 13.7. The van der Waals surface area contributed by atoms with Crippen molar-refractivity contribution in [1.29, 1.82) is 0 Å². The fourth-order valence-corrected chi connectivity index (χ4v) is 3.19. The van der Waals surface area contributed by atoms with Gasteiger partial charge in [-0.05, 0) is 27.2 Å². The summed E-state index contributed by atoms with van der Waals surface area (Å²) in [4.78, 5) is 13.5. The molecule has 0 spiro atoms. The zero-order valence-electron chi connectivity index (χ0n) is 10.4. The van der Waals surface area contributed by atoms with Gasteiger partial charge in [0.25, 0.3) is 0 Å². The number of carbonyl (C=O) groups is 1. The molecule has 2 radical (unpaired) electrons. The van der Waals surface area contributed by atoms with Gasteiger partial charge in [-0.3, -0.25) is 4.79 Å². The molecule has 5 heteroatoms. The van der Waals surface area contributed by atoms with Crippen LogP contribution in [0.1, 0.15) is 33.6 Å². The van der Waals surface area contributed by atoms with Crippen molar-refractivity contribution >= 4 is 15.4 Å². The van der Waals surface area contributed by atoms with E-state index in [0.29, 0.717) is 29.2 Å². The minimum atomic E-state index is -0.154. The third kappa shape index (κ3) is 3.88. The predicted molar refractivity (Wildman–Crippen MR) is 63.2 cm³/mol. The minimum Gasteiger partial charge on any atom is -0.357 e. The fraction of sp³-hybridized carbons (Fsp3) is 0.909. The molecular weight excluding hydrogens is 222 g/mol. The topological polar surface area (TPSA) is 38.8 Å². The van der Waals surface area contributed by atoms with Gasteiger partial charge in [-0.15, -0.1) is 0 Å². The number of amides is 1. The number of carbonyl (C=O) groups excluding carboxylic acids is 1. The Morgan fingerprint density at radius 2 is 2.00 bits per heavy atom. The summed E-state index contributed by atoms with van der Waals surface area (Å²) in [5.74, 6) is 0.116. The summed E-state index contributed by atoms with van der Waals surface area (Å²) in [5.41, 5.74) is 0.234. The summed E-state index contributed by atoms with van der Waals surface area (Å²) in [5, 5.41) is 0. The van der Waals surface area contributed by atoms with Crippen LogP contribution < -0.4 is 0 Å². The molecule has 0 aromatic heterocycles. The first-order valence-corrected chi connectivity index (χ1v) is 7.13. The van der Waals surface area contributed by atoms with E-state index in [2.05, 4.69) is 6.92 Å². The SMILES string of the molecule is CCOC(OCC)[Si]C(C)N1CCCC1=O. The van der Waals surface area contributed by atoms with Crippen LogP contribution in [0.25, 0.3) is 0 Å². The Morgan fingerprint density at radius 1 is 1.38 bits per heavy atom. The summed E-state index contributed by atoms with van der Waals surface area (Å²) in [7, 11) is 0.491. The standard InChI is InChI=1S/C11H21NO3Si/c1-4-14-11(15-5-2)16-9(3)12-8-6-7-10(12)13/h9,11H,4-8H2,1-3H3. The number of rotatable bonds is 7. The molecule has 1 fully saturated rings. The Morgan fingerprint density at radius 3 is 2.44 bits per heavy atom. The maximum Gasteiger partial charge on any atom is 0.222 e. The van der Waals surface area contributed by atoms with Crippen molar-refractivity contribution in [2.24, 2.45) is 0 Å². The lowest BCUT2D eigenvalue weighted by Crippen LogP contribution is -2.44. The molecule has 0 saturated carbocycles. The summed E-state index contributed by atoms with van der Waals surface area (Å²) in [6, 6.07) is 0. The first-order valence-electron chi connectivity index (χ1n) is 5.97. The highest BCUT2D eigenvalue weighted by Crippen LogP contribution is 2.13. The zero-order valence-corrected chi connectivity index (χ0v) is 11.4. The molecule has 0 aromatic rings.